The molecule has 0 fully saturated rings. The zero-order chi connectivity index (χ0) is 19.3. The van der Waals surface area contributed by atoms with Gasteiger partial charge in [0.15, 0.2) is 0 Å². The standard InChI is InChI=1S/C17H17N3O6/c1-5-17(15(22)25-3,19-16(23)26-4)9-20-10-18-13-7-6-11(24-2)8-12(13)14(20)21/h1,6-8,10H,9H2,2-4H3,(H,19,23)/t17-/m1/s1. The Labute approximate surface area is 148 Å². The Morgan fingerprint density at radius 2 is 2.04 bits per heavy atom. The lowest BCUT2D eigenvalue weighted by Gasteiger charge is -2.26. The molecular formula is C17H17N3O6. The van der Waals surface area contributed by atoms with Gasteiger partial charge in [-0.25, -0.2) is 14.6 Å². The van der Waals surface area contributed by atoms with Crippen molar-refractivity contribution in [3.05, 3.63) is 34.9 Å². The number of methoxy groups -OCH3 is 3. The molecule has 2 rings (SSSR count). The Balaban J connectivity index is 2.56. The van der Waals surface area contributed by atoms with E-state index in [1.54, 1.807) is 12.1 Å². The number of alkyl carbamates (subject to hydrolysis) is 1. The smallest absolute Gasteiger partial charge is 0.408 e. The van der Waals surface area contributed by atoms with Crippen molar-refractivity contribution in [2.75, 3.05) is 21.3 Å². The van der Waals surface area contributed by atoms with Gasteiger partial charge in [-0.3, -0.25) is 14.7 Å². The second kappa shape index (κ2) is 7.57. The van der Waals surface area contributed by atoms with Crippen LogP contribution < -0.4 is 15.6 Å². The predicted molar refractivity (Wildman–Crippen MR) is 91.7 cm³/mol. The average Bonchev–Trinajstić information content (AvgIpc) is 2.68. The van der Waals surface area contributed by atoms with E-state index in [-0.39, 0.29) is 5.39 Å². The Morgan fingerprint density at radius 3 is 2.62 bits per heavy atom. The molecule has 0 spiro atoms. The topological polar surface area (TPSA) is 109 Å². The fourth-order valence-electron chi connectivity index (χ4n) is 2.33. The second-order valence-corrected chi connectivity index (χ2v) is 5.22. The number of terminal acetylenes is 1. The van der Waals surface area contributed by atoms with Crippen molar-refractivity contribution >= 4 is 23.0 Å². The van der Waals surface area contributed by atoms with Crippen LogP contribution in [0.3, 0.4) is 0 Å². The summed E-state index contributed by atoms with van der Waals surface area (Å²) in [5, 5.41) is 2.51. The molecule has 0 saturated carbocycles. The van der Waals surface area contributed by atoms with Crippen LogP contribution >= 0.6 is 0 Å². The summed E-state index contributed by atoms with van der Waals surface area (Å²) in [6.07, 6.45) is 5.75. The van der Waals surface area contributed by atoms with E-state index in [9.17, 15) is 14.4 Å². The fraction of sp³-hybridized carbons (Fsp3) is 0.294. The summed E-state index contributed by atoms with van der Waals surface area (Å²) < 4.78 is 15.4. The lowest BCUT2D eigenvalue weighted by atomic mass is 10.0. The maximum absolute atomic E-state index is 12.8. The first-order valence-corrected chi connectivity index (χ1v) is 7.36. The normalized spacial score (nSPS) is 12.5. The molecule has 1 amide bonds. The number of fused-ring (bicyclic) bond motifs is 1. The number of aromatic nitrogens is 2. The van der Waals surface area contributed by atoms with Gasteiger partial charge in [0.1, 0.15) is 5.75 Å². The zero-order valence-corrected chi connectivity index (χ0v) is 14.4. The van der Waals surface area contributed by atoms with Crippen LogP contribution in [0.5, 0.6) is 5.75 Å². The molecule has 0 unspecified atom stereocenters. The number of hydrogen-bond acceptors (Lipinski definition) is 7. The van der Waals surface area contributed by atoms with Gasteiger partial charge in [-0.2, -0.15) is 0 Å². The number of hydrogen-bond donors (Lipinski definition) is 1. The van der Waals surface area contributed by atoms with Gasteiger partial charge in [-0.1, -0.05) is 5.92 Å². The summed E-state index contributed by atoms with van der Waals surface area (Å²) in [7, 11) is 3.69. The number of amides is 1. The molecule has 0 aliphatic rings. The van der Waals surface area contributed by atoms with Crippen molar-refractivity contribution < 1.29 is 23.8 Å². The summed E-state index contributed by atoms with van der Waals surface area (Å²) in [5.41, 5.74) is -1.97. The quantitative estimate of drug-likeness (QED) is 0.604. The number of nitrogens with zero attached hydrogens (tertiary/aromatic N) is 2. The maximum atomic E-state index is 12.8. The first-order valence-electron chi connectivity index (χ1n) is 7.36. The highest BCUT2D eigenvalue weighted by Crippen LogP contribution is 2.17. The highest BCUT2D eigenvalue weighted by molar-refractivity contribution is 5.89. The maximum Gasteiger partial charge on any atom is 0.408 e. The van der Waals surface area contributed by atoms with E-state index in [1.807, 2.05) is 0 Å². The minimum Gasteiger partial charge on any atom is -0.497 e. The Bertz CT molecular complexity index is 946. The van der Waals surface area contributed by atoms with Gasteiger partial charge in [0.25, 0.3) is 5.56 Å². The molecule has 0 saturated heterocycles. The van der Waals surface area contributed by atoms with Crippen LogP contribution in [0, 0.1) is 12.3 Å². The number of benzene rings is 1. The summed E-state index contributed by atoms with van der Waals surface area (Å²) in [4.78, 5) is 40.7. The third-order valence-corrected chi connectivity index (χ3v) is 3.72. The minimum atomic E-state index is -1.94. The first kappa shape index (κ1) is 18.8. The molecule has 1 N–H and O–H groups in total. The molecule has 1 atom stereocenters. The number of rotatable bonds is 5. The lowest BCUT2D eigenvalue weighted by Crippen LogP contribution is -2.57. The molecule has 136 valence electrons. The third-order valence-electron chi connectivity index (χ3n) is 3.72. The van der Waals surface area contributed by atoms with Crippen molar-refractivity contribution in [1.29, 1.82) is 0 Å². The molecule has 0 radical (unpaired) electrons. The van der Waals surface area contributed by atoms with Crippen LogP contribution in [0.25, 0.3) is 10.9 Å². The predicted octanol–water partition coefficient (Wildman–Crippen LogP) is 0.306. The van der Waals surface area contributed by atoms with Crippen LogP contribution in [0.2, 0.25) is 0 Å². The van der Waals surface area contributed by atoms with Crippen LogP contribution in [-0.2, 0) is 20.8 Å². The van der Waals surface area contributed by atoms with E-state index in [0.717, 1.165) is 18.8 Å². The number of esters is 1. The lowest BCUT2D eigenvalue weighted by molar-refractivity contribution is -0.146. The molecule has 2 aromatic rings. The molecule has 26 heavy (non-hydrogen) atoms. The summed E-state index contributed by atoms with van der Waals surface area (Å²) in [6.45, 7) is -0.399. The van der Waals surface area contributed by atoms with E-state index >= 15 is 0 Å². The van der Waals surface area contributed by atoms with Crippen LogP contribution in [0.4, 0.5) is 4.79 Å². The fourth-order valence-corrected chi connectivity index (χ4v) is 2.33. The number of carbonyl (C=O) groups excluding carboxylic acids is 2. The van der Waals surface area contributed by atoms with Crippen molar-refractivity contribution in [1.82, 2.24) is 14.9 Å². The molecule has 0 aliphatic heterocycles. The van der Waals surface area contributed by atoms with Crippen molar-refractivity contribution in [2.24, 2.45) is 0 Å². The van der Waals surface area contributed by atoms with Crippen LogP contribution in [-0.4, -0.2) is 48.5 Å². The van der Waals surface area contributed by atoms with Gasteiger partial charge < -0.3 is 14.2 Å². The number of nitrogens with one attached hydrogen (secondary N) is 1. The largest absolute Gasteiger partial charge is 0.497 e. The van der Waals surface area contributed by atoms with Gasteiger partial charge >= 0.3 is 12.1 Å². The minimum absolute atomic E-state index is 0.265. The number of carbonyl (C=O) groups is 2. The van der Waals surface area contributed by atoms with Crippen molar-refractivity contribution in [2.45, 2.75) is 12.1 Å². The van der Waals surface area contributed by atoms with Crippen molar-refractivity contribution in [3.63, 3.8) is 0 Å². The van der Waals surface area contributed by atoms with Gasteiger partial charge in [0, 0.05) is 0 Å². The highest BCUT2D eigenvalue weighted by atomic mass is 16.5. The van der Waals surface area contributed by atoms with Crippen LogP contribution in [0.15, 0.2) is 29.3 Å². The monoisotopic (exact) mass is 359 g/mol. The molecular weight excluding hydrogens is 342 g/mol. The van der Waals surface area contributed by atoms with Gasteiger partial charge in [0.05, 0.1) is 45.1 Å². The summed E-state index contributed by atoms with van der Waals surface area (Å²) in [6, 6.07) is 4.81. The van der Waals surface area contributed by atoms with Crippen molar-refractivity contribution in [3.8, 4) is 18.1 Å². The first-order chi connectivity index (χ1) is 12.4. The van der Waals surface area contributed by atoms with E-state index in [1.165, 1.54) is 19.5 Å². The van der Waals surface area contributed by atoms with Gasteiger partial charge in [-0.15, -0.1) is 6.42 Å². The molecule has 1 aromatic carbocycles. The highest BCUT2D eigenvalue weighted by Gasteiger charge is 2.41. The zero-order valence-electron chi connectivity index (χ0n) is 14.4. The Morgan fingerprint density at radius 1 is 1.31 bits per heavy atom. The summed E-state index contributed by atoms with van der Waals surface area (Å²) >= 11 is 0. The van der Waals surface area contributed by atoms with Crippen LogP contribution in [0.1, 0.15) is 0 Å². The molecule has 9 heteroatoms. The second-order valence-electron chi connectivity index (χ2n) is 5.22. The third kappa shape index (κ3) is 3.44. The molecule has 1 heterocycles. The molecule has 1 aromatic heterocycles. The molecule has 0 bridgehead atoms. The van der Waals surface area contributed by atoms with Gasteiger partial charge in [0.2, 0.25) is 5.54 Å². The van der Waals surface area contributed by atoms with Gasteiger partial charge in [-0.05, 0) is 18.2 Å². The van der Waals surface area contributed by atoms with E-state index < -0.39 is 29.7 Å². The molecule has 9 nitrogen and oxygen atoms in total. The van der Waals surface area contributed by atoms with E-state index in [0.29, 0.717) is 11.3 Å². The SMILES string of the molecule is C#C[C@](Cn1cnc2ccc(OC)cc2c1=O)(NC(=O)OC)C(=O)OC. The summed E-state index contributed by atoms with van der Waals surface area (Å²) in [5.74, 6) is 1.72. The Hall–Kier alpha value is -3.54. The average molecular weight is 359 g/mol. The van der Waals surface area contributed by atoms with E-state index in [2.05, 4.69) is 25.7 Å². The van der Waals surface area contributed by atoms with E-state index in [4.69, 9.17) is 11.2 Å². The number of ether oxygens (including phenoxy) is 3. The Kier molecular flexibility index (Phi) is 5.47. The molecule has 0 aliphatic carbocycles.